The van der Waals surface area contributed by atoms with Crippen LogP contribution in [0.4, 0.5) is 16.2 Å². The fourth-order valence-electron chi connectivity index (χ4n) is 4.20. The van der Waals surface area contributed by atoms with Crippen molar-refractivity contribution >= 4 is 41.0 Å². The molecule has 42 heavy (non-hydrogen) atoms. The van der Waals surface area contributed by atoms with Crippen LogP contribution in [-0.2, 0) is 16.0 Å². The van der Waals surface area contributed by atoms with E-state index < -0.39 is 11.2 Å². The van der Waals surface area contributed by atoms with Crippen molar-refractivity contribution in [1.82, 2.24) is 25.8 Å². The SMILES string of the molecule is CCCNC(=O)C(CNc1ccc(NC(=O)NCCN2CCCC2)cc1)S/C=C(/C#N)C(=O)NCCc1cccnc1. The van der Waals surface area contributed by atoms with Crippen LogP contribution in [0, 0.1) is 11.3 Å². The molecule has 0 spiro atoms. The number of rotatable bonds is 16. The maximum atomic E-state index is 12.8. The van der Waals surface area contributed by atoms with Crippen molar-refractivity contribution in [2.24, 2.45) is 0 Å². The Morgan fingerprint density at radius 2 is 1.81 bits per heavy atom. The molecule has 5 N–H and O–H groups in total. The number of carbonyl (C=O) groups is 3. The predicted molar refractivity (Wildman–Crippen MR) is 167 cm³/mol. The zero-order valence-corrected chi connectivity index (χ0v) is 24.8. The first-order valence-electron chi connectivity index (χ1n) is 14.3. The highest BCUT2D eigenvalue weighted by Crippen LogP contribution is 2.19. The molecular weight excluding hydrogens is 552 g/mol. The Bertz CT molecular complexity index is 1210. The number of carbonyl (C=O) groups excluding carboxylic acids is 3. The predicted octanol–water partition coefficient (Wildman–Crippen LogP) is 3.11. The fourth-order valence-corrected chi connectivity index (χ4v) is 5.04. The third-order valence-corrected chi connectivity index (χ3v) is 7.61. The molecule has 1 aliphatic rings. The minimum Gasteiger partial charge on any atom is -0.383 e. The van der Waals surface area contributed by atoms with E-state index in [1.54, 1.807) is 24.5 Å². The summed E-state index contributed by atoms with van der Waals surface area (Å²) in [5, 5.41) is 25.0. The molecule has 1 unspecified atom stereocenters. The van der Waals surface area contributed by atoms with Crippen LogP contribution in [-0.4, -0.2) is 78.8 Å². The molecule has 1 atom stereocenters. The maximum absolute atomic E-state index is 12.8. The molecule has 2 aromatic rings. The number of nitrogens with one attached hydrogen (secondary N) is 5. The van der Waals surface area contributed by atoms with Crippen LogP contribution in [0.25, 0.3) is 0 Å². The molecule has 11 nitrogen and oxygen atoms in total. The Kier molecular flexibility index (Phi) is 14.2. The van der Waals surface area contributed by atoms with Crippen molar-refractivity contribution in [2.45, 2.75) is 37.9 Å². The first kappa shape index (κ1) is 32.4. The molecule has 1 aromatic carbocycles. The lowest BCUT2D eigenvalue weighted by atomic mass is 10.2. The van der Waals surface area contributed by atoms with Crippen LogP contribution in [0.1, 0.15) is 31.7 Å². The van der Waals surface area contributed by atoms with Crippen LogP contribution in [0.5, 0.6) is 0 Å². The minimum atomic E-state index is -0.581. The summed E-state index contributed by atoms with van der Waals surface area (Å²) in [7, 11) is 0. The molecule has 1 fully saturated rings. The third-order valence-electron chi connectivity index (χ3n) is 6.53. The minimum absolute atomic E-state index is 0.0615. The highest BCUT2D eigenvalue weighted by Gasteiger charge is 2.19. The third kappa shape index (κ3) is 11.8. The number of urea groups is 1. The molecule has 224 valence electrons. The van der Waals surface area contributed by atoms with E-state index in [2.05, 4.69) is 36.5 Å². The van der Waals surface area contributed by atoms with Gasteiger partial charge in [0.05, 0.1) is 0 Å². The summed E-state index contributed by atoms with van der Waals surface area (Å²) in [6, 6.07) is 12.6. The smallest absolute Gasteiger partial charge is 0.319 e. The van der Waals surface area contributed by atoms with Crippen LogP contribution in [0.2, 0.25) is 0 Å². The summed E-state index contributed by atoms with van der Waals surface area (Å²) in [5.74, 6) is -0.679. The number of anilines is 2. The van der Waals surface area contributed by atoms with Crippen molar-refractivity contribution < 1.29 is 14.4 Å². The first-order valence-corrected chi connectivity index (χ1v) is 15.2. The summed E-state index contributed by atoms with van der Waals surface area (Å²) in [4.78, 5) is 44.0. The van der Waals surface area contributed by atoms with Crippen LogP contribution in [0.15, 0.2) is 59.8 Å². The van der Waals surface area contributed by atoms with Gasteiger partial charge in [-0.05, 0) is 80.1 Å². The lowest BCUT2D eigenvalue weighted by molar-refractivity contribution is -0.120. The summed E-state index contributed by atoms with van der Waals surface area (Å²) < 4.78 is 0. The van der Waals surface area contributed by atoms with E-state index in [4.69, 9.17) is 0 Å². The van der Waals surface area contributed by atoms with Crippen molar-refractivity contribution in [3.05, 3.63) is 65.3 Å². The van der Waals surface area contributed by atoms with Gasteiger partial charge in [0.2, 0.25) is 5.91 Å². The topological polar surface area (TPSA) is 151 Å². The van der Waals surface area contributed by atoms with Gasteiger partial charge in [-0.2, -0.15) is 5.26 Å². The van der Waals surface area contributed by atoms with Gasteiger partial charge in [0, 0.05) is 56.5 Å². The molecule has 0 aliphatic carbocycles. The first-order chi connectivity index (χ1) is 20.5. The van der Waals surface area contributed by atoms with Gasteiger partial charge in [-0.3, -0.25) is 14.6 Å². The number of nitrogens with zero attached hydrogens (tertiary/aromatic N) is 3. The van der Waals surface area contributed by atoms with E-state index in [9.17, 15) is 19.6 Å². The second-order valence-electron chi connectivity index (χ2n) is 9.81. The Labute approximate surface area is 251 Å². The molecule has 0 radical (unpaired) electrons. The highest BCUT2D eigenvalue weighted by atomic mass is 32.2. The lowest BCUT2D eigenvalue weighted by Crippen LogP contribution is -2.37. The van der Waals surface area contributed by atoms with Gasteiger partial charge in [0.25, 0.3) is 5.91 Å². The summed E-state index contributed by atoms with van der Waals surface area (Å²) in [5.41, 5.74) is 2.34. The molecule has 1 aromatic heterocycles. The number of benzene rings is 1. The molecule has 1 saturated heterocycles. The van der Waals surface area contributed by atoms with Crippen molar-refractivity contribution in [3.63, 3.8) is 0 Å². The molecule has 4 amide bonds. The van der Waals surface area contributed by atoms with Gasteiger partial charge < -0.3 is 31.5 Å². The highest BCUT2D eigenvalue weighted by molar-refractivity contribution is 8.03. The van der Waals surface area contributed by atoms with E-state index in [1.807, 2.05) is 37.3 Å². The van der Waals surface area contributed by atoms with Crippen LogP contribution in [0.3, 0.4) is 0 Å². The molecule has 0 bridgehead atoms. The zero-order valence-electron chi connectivity index (χ0n) is 24.0. The molecule has 2 heterocycles. The summed E-state index contributed by atoms with van der Waals surface area (Å²) >= 11 is 1.12. The van der Waals surface area contributed by atoms with Gasteiger partial charge in [0.1, 0.15) is 16.9 Å². The van der Waals surface area contributed by atoms with Gasteiger partial charge in [-0.1, -0.05) is 13.0 Å². The Morgan fingerprint density at radius 3 is 2.50 bits per heavy atom. The van der Waals surface area contributed by atoms with E-state index in [0.717, 1.165) is 49.1 Å². The number of nitriles is 1. The molecule has 12 heteroatoms. The summed E-state index contributed by atoms with van der Waals surface area (Å²) in [6.45, 7) is 6.76. The van der Waals surface area contributed by atoms with E-state index in [-0.39, 0.29) is 24.1 Å². The Balaban J connectivity index is 1.49. The molecular formula is C30H40N8O3S. The monoisotopic (exact) mass is 592 g/mol. The average molecular weight is 593 g/mol. The second kappa shape index (κ2) is 18.4. The van der Waals surface area contributed by atoms with Crippen molar-refractivity contribution in [2.75, 3.05) is 56.4 Å². The van der Waals surface area contributed by atoms with Crippen LogP contribution < -0.4 is 26.6 Å². The van der Waals surface area contributed by atoms with Crippen molar-refractivity contribution in [3.8, 4) is 6.07 Å². The number of aromatic nitrogens is 1. The van der Waals surface area contributed by atoms with E-state index in [0.29, 0.717) is 31.7 Å². The van der Waals surface area contributed by atoms with Crippen molar-refractivity contribution in [1.29, 1.82) is 5.26 Å². The second-order valence-corrected chi connectivity index (χ2v) is 10.9. The lowest BCUT2D eigenvalue weighted by Gasteiger charge is -2.17. The number of thioether (sulfide) groups is 1. The molecule has 1 aliphatic heterocycles. The quantitative estimate of drug-likeness (QED) is 0.147. The standard InChI is InChI=1S/C30H40N8O3S/c1-2-12-33-29(40)27(42-22-24(19-31)28(39)34-14-11-23-6-5-13-32-20-23)21-36-25-7-9-26(10-8-25)37-30(41)35-15-18-38-16-3-4-17-38/h5-10,13,20,22,27,36H,2-4,11-12,14-18,21H2,1H3,(H,33,40)(H,34,39)(H2,35,37,41)/b24-22-. The number of hydrogen-bond donors (Lipinski definition) is 5. The maximum Gasteiger partial charge on any atom is 0.319 e. The van der Waals surface area contributed by atoms with Crippen LogP contribution >= 0.6 is 11.8 Å². The summed E-state index contributed by atoms with van der Waals surface area (Å²) in [6.07, 6.45) is 7.23. The fraction of sp³-hybridized carbons (Fsp3) is 0.433. The van der Waals surface area contributed by atoms with Gasteiger partial charge in [-0.15, -0.1) is 11.8 Å². The largest absolute Gasteiger partial charge is 0.383 e. The number of amides is 4. The van der Waals surface area contributed by atoms with Gasteiger partial charge >= 0.3 is 6.03 Å². The average Bonchev–Trinajstić information content (AvgIpc) is 3.52. The van der Waals surface area contributed by atoms with Gasteiger partial charge in [-0.25, -0.2) is 4.79 Å². The van der Waals surface area contributed by atoms with Gasteiger partial charge in [0.15, 0.2) is 0 Å². The normalized spacial score (nSPS) is 14.0. The molecule has 3 rings (SSSR count). The number of likely N-dealkylation sites (tertiary alicyclic amines) is 1. The number of hydrogen-bond acceptors (Lipinski definition) is 8. The molecule has 0 saturated carbocycles. The zero-order chi connectivity index (χ0) is 30.0. The number of pyridine rings is 1. The Morgan fingerprint density at radius 1 is 1.05 bits per heavy atom. The van der Waals surface area contributed by atoms with E-state index >= 15 is 0 Å². The Hall–Kier alpha value is -4.08. The van der Waals surface area contributed by atoms with E-state index in [1.165, 1.54) is 18.2 Å².